The van der Waals surface area contributed by atoms with Crippen molar-refractivity contribution >= 4 is 33.2 Å². The monoisotopic (exact) mass is 291 g/mol. The average molecular weight is 292 g/mol. The Morgan fingerprint density at radius 2 is 2.47 bits per heavy atom. The van der Waals surface area contributed by atoms with Gasteiger partial charge in [0.25, 0.3) is 5.91 Å². The van der Waals surface area contributed by atoms with E-state index in [0.717, 1.165) is 10.9 Å². The topological polar surface area (TPSA) is 49.3 Å². The van der Waals surface area contributed by atoms with Crippen LogP contribution in [0.3, 0.4) is 0 Å². The number of halogens is 1. The van der Waals surface area contributed by atoms with Crippen molar-refractivity contribution in [3.8, 4) is 0 Å². The van der Waals surface area contributed by atoms with Crippen LogP contribution in [0.4, 0.5) is 0 Å². The Bertz CT molecular complexity index is 327. The highest BCUT2D eigenvalue weighted by Crippen LogP contribution is 2.22. The second-order valence-electron chi connectivity index (χ2n) is 3.19. The lowest BCUT2D eigenvalue weighted by molar-refractivity contribution is 0.0932. The SMILES string of the molecule is CCC(CCO)NC(=O)c1sccc1Br. The summed E-state index contributed by atoms with van der Waals surface area (Å²) < 4.78 is 0.823. The molecule has 84 valence electrons. The molecule has 2 N–H and O–H groups in total. The summed E-state index contributed by atoms with van der Waals surface area (Å²) >= 11 is 4.72. The second kappa shape index (κ2) is 6.25. The van der Waals surface area contributed by atoms with Crippen molar-refractivity contribution in [3.63, 3.8) is 0 Å². The number of hydrogen-bond acceptors (Lipinski definition) is 3. The van der Waals surface area contributed by atoms with Crippen LogP contribution in [0.15, 0.2) is 15.9 Å². The zero-order chi connectivity index (χ0) is 11.3. The first-order valence-electron chi connectivity index (χ1n) is 4.83. The molecule has 0 aliphatic heterocycles. The highest BCUT2D eigenvalue weighted by Gasteiger charge is 2.15. The smallest absolute Gasteiger partial charge is 0.262 e. The minimum Gasteiger partial charge on any atom is -0.396 e. The molecule has 0 saturated heterocycles. The molecule has 0 aliphatic rings. The van der Waals surface area contributed by atoms with Gasteiger partial charge in [-0.05, 0) is 40.2 Å². The van der Waals surface area contributed by atoms with Gasteiger partial charge in [0, 0.05) is 17.1 Å². The molecule has 1 rings (SSSR count). The maximum absolute atomic E-state index is 11.8. The number of carbonyl (C=O) groups excluding carboxylic acids is 1. The zero-order valence-electron chi connectivity index (χ0n) is 8.50. The third-order valence-electron chi connectivity index (χ3n) is 2.13. The molecule has 1 heterocycles. The molecule has 0 bridgehead atoms. The molecule has 1 atom stereocenters. The normalized spacial score (nSPS) is 12.5. The molecule has 0 aliphatic carbocycles. The van der Waals surface area contributed by atoms with E-state index in [-0.39, 0.29) is 18.6 Å². The van der Waals surface area contributed by atoms with Gasteiger partial charge < -0.3 is 10.4 Å². The van der Waals surface area contributed by atoms with E-state index in [4.69, 9.17) is 5.11 Å². The molecule has 0 aromatic carbocycles. The Morgan fingerprint density at radius 1 is 1.73 bits per heavy atom. The van der Waals surface area contributed by atoms with Crippen LogP contribution < -0.4 is 5.32 Å². The number of nitrogens with one attached hydrogen (secondary N) is 1. The van der Waals surface area contributed by atoms with Gasteiger partial charge in [0.05, 0.1) is 0 Å². The molecule has 5 heteroatoms. The van der Waals surface area contributed by atoms with Gasteiger partial charge in [-0.2, -0.15) is 0 Å². The fraction of sp³-hybridized carbons (Fsp3) is 0.500. The molecular weight excluding hydrogens is 278 g/mol. The number of rotatable bonds is 5. The van der Waals surface area contributed by atoms with Crippen LogP contribution in [0.5, 0.6) is 0 Å². The quantitative estimate of drug-likeness (QED) is 0.875. The van der Waals surface area contributed by atoms with Crippen molar-refractivity contribution in [1.82, 2.24) is 5.32 Å². The molecule has 0 saturated carbocycles. The highest BCUT2D eigenvalue weighted by molar-refractivity contribution is 9.10. The number of thiophene rings is 1. The Kier molecular flexibility index (Phi) is 5.28. The predicted octanol–water partition coefficient (Wildman–Crippen LogP) is 2.40. The number of aliphatic hydroxyl groups is 1. The van der Waals surface area contributed by atoms with E-state index in [2.05, 4.69) is 21.2 Å². The first-order valence-corrected chi connectivity index (χ1v) is 6.51. The Hall–Kier alpha value is -0.390. The van der Waals surface area contributed by atoms with Gasteiger partial charge in [0.2, 0.25) is 0 Å². The minimum atomic E-state index is -0.0721. The maximum Gasteiger partial charge on any atom is 0.262 e. The molecule has 3 nitrogen and oxygen atoms in total. The number of aliphatic hydroxyl groups excluding tert-OH is 1. The van der Waals surface area contributed by atoms with Gasteiger partial charge in [-0.3, -0.25) is 4.79 Å². The van der Waals surface area contributed by atoms with E-state index >= 15 is 0 Å². The van der Waals surface area contributed by atoms with Crippen molar-refractivity contribution in [3.05, 3.63) is 20.8 Å². The fourth-order valence-corrected chi connectivity index (χ4v) is 2.70. The fourth-order valence-electron chi connectivity index (χ4n) is 1.24. The summed E-state index contributed by atoms with van der Waals surface area (Å²) in [5.41, 5.74) is 0. The van der Waals surface area contributed by atoms with Gasteiger partial charge >= 0.3 is 0 Å². The lowest BCUT2D eigenvalue weighted by atomic mass is 10.1. The average Bonchev–Trinajstić information content (AvgIpc) is 2.63. The summed E-state index contributed by atoms with van der Waals surface area (Å²) in [6.07, 6.45) is 1.43. The Morgan fingerprint density at radius 3 is 2.93 bits per heavy atom. The Balaban J connectivity index is 2.58. The van der Waals surface area contributed by atoms with Crippen LogP contribution in [-0.4, -0.2) is 23.7 Å². The second-order valence-corrected chi connectivity index (χ2v) is 4.96. The molecule has 15 heavy (non-hydrogen) atoms. The van der Waals surface area contributed by atoms with Crippen molar-refractivity contribution in [1.29, 1.82) is 0 Å². The maximum atomic E-state index is 11.8. The van der Waals surface area contributed by atoms with Crippen molar-refractivity contribution in [2.24, 2.45) is 0 Å². The first kappa shape index (κ1) is 12.7. The number of amides is 1. The predicted molar refractivity (Wildman–Crippen MR) is 65.3 cm³/mol. The summed E-state index contributed by atoms with van der Waals surface area (Å²) in [5, 5.41) is 13.6. The van der Waals surface area contributed by atoms with Crippen LogP contribution in [0.1, 0.15) is 29.4 Å². The van der Waals surface area contributed by atoms with E-state index in [0.29, 0.717) is 11.3 Å². The zero-order valence-corrected chi connectivity index (χ0v) is 10.9. The molecular formula is C10H14BrNO2S. The molecule has 0 spiro atoms. The standard InChI is InChI=1S/C10H14BrNO2S/c1-2-7(3-5-13)12-10(14)9-8(11)4-6-15-9/h4,6-7,13H,2-3,5H2,1H3,(H,12,14). The van der Waals surface area contributed by atoms with Crippen molar-refractivity contribution in [2.45, 2.75) is 25.8 Å². The van der Waals surface area contributed by atoms with Crippen molar-refractivity contribution in [2.75, 3.05) is 6.61 Å². The summed E-state index contributed by atoms with van der Waals surface area (Å²) in [4.78, 5) is 12.4. The van der Waals surface area contributed by atoms with Crippen LogP contribution in [0.2, 0.25) is 0 Å². The number of hydrogen-bond donors (Lipinski definition) is 2. The minimum absolute atomic E-state index is 0.0523. The summed E-state index contributed by atoms with van der Waals surface area (Å²) in [7, 11) is 0. The molecule has 0 radical (unpaired) electrons. The van der Waals surface area contributed by atoms with Crippen LogP contribution >= 0.6 is 27.3 Å². The van der Waals surface area contributed by atoms with E-state index < -0.39 is 0 Å². The van der Waals surface area contributed by atoms with E-state index in [1.165, 1.54) is 11.3 Å². The first-order chi connectivity index (χ1) is 7.19. The molecule has 1 aromatic rings. The summed E-state index contributed by atoms with van der Waals surface area (Å²) in [5.74, 6) is -0.0721. The molecule has 1 aromatic heterocycles. The largest absolute Gasteiger partial charge is 0.396 e. The van der Waals surface area contributed by atoms with E-state index in [1.807, 2.05) is 18.4 Å². The molecule has 0 fully saturated rings. The third kappa shape index (κ3) is 3.59. The van der Waals surface area contributed by atoms with Crippen LogP contribution in [-0.2, 0) is 0 Å². The third-order valence-corrected chi connectivity index (χ3v) is 3.97. The molecule has 1 amide bonds. The van der Waals surface area contributed by atoms with Gasteiger partial charge in [-0.15, -0.1) is 11.3 Å². The summed E-state index contributed by atoms with van der Waals surface area (Å²) in [6, 6.07) is 1.91. The van der Waals surface area contributed by atoms with Gasteiger partial charge in [0.15, 0.2) is 0 Å². The lowest BCUT2D eigenvalue weighted by Gasteiger charge is -2.14. The van der Waals surface area contributed by atoms with Crippen molar-refractivity contribution < 1.29 is 9.90 Å². The lowest BCUT2D eigenvalue weighted by Crippen LogP contribution is -2.34. The van der Waals surface area contributed by atoms with E-state index in [9.17, 15) is 4.79 Å². The van der Waals surface area contributed by atoms with E-state index in [1.54, 1.807) is 0 Å². The van der Waals surface area contributed by atoms with Crippen LogP contribution in [0.25, 0.3) is 0 Å². The van der Waals surface area contributed by atoms with Gasteiger partial charge in [-0.25, -0.2) is 0 Å². The van der Waals surface area contributed by atoms with Crippen LogP contribution in [0, 0.1) is 0 Å². The highest BCUT2D eigenvalue weighted by atomic mass is 79.9. The Labute approximate surface area is 102 Å². The number of carbonyl (C=O) groups is 1. The summed E-state index contributed by atoms with van der Waals surface area (Å²) in [6.45, 7) is 2.09. The van der Waals surface area contributed by atoms with Gasteiger partial charge in [-0.1, -0.05) is 6.92 Å². The van der Waals surface area contributed by atoms with Gasteiger partial charge in [0.1, 0.15) is 4.88 Å². The molecule has 1 unspecified atom stereocenters.